The summed E-state index contributed by atoms with van der Waals surface area (Å²) in [5.74, 6) is -1.02. The summed E-state index contributed by atoms with van der Waals surface area (Å²) in [6.45, 7) is 6.39. The second-order valence-electron chi connectivity index (χ2n) is 18.3. The van der Waals surface area contributed by atoms with Crippen LogP contribution in [0.25, 0.3) is 0 Å². The molecule has 6 heteroatoms. The zero-order valence-corrected chi connectivity index (χ0v) is 44.1. The van der Waals surface area contributed by atoms with Crippen molar-refractivity contribution in [3.63, 3.8) is 0 Å². The number of carbonyl (C=O) groups excluding carboxylic acids is 3. The molecule has 1 atom stereocenters. The summed E-state index contributed by atoms with van der Waals surface area (Å²) in [5.41, 5.74) is 0. The maximum Gasteiger partial charge on any atom is 0.306 e. The summed E-state index contributed by atoms with van der Waals surface area (Å²) in [6.07, 6.45) is 75.1. The van der Waals surface area contributed by atoms with Crippen molar-refractivity contribution in [1.82, 2.24) is 0 Å². The van der Waals surface area contributed by atoms with Gasteiger partial charge in [0.25, 0.3) is 0 Å². The van der Waals surface area contributed by atoms with E-state index in [1.165, 1.54) is 122 Å². The zero-order chi connectivity index (χ0) is 49.3. The Labute approximate surface area is 419 Å². The van der Waals surface area contributed by atoms with Crippen molar-refractivity contribution < 1.29 is 28.6 Å². The number of hydrogen-bond acceptors (Lipinski definition) is 6. The van der Waals surface area contributed by atoms with E-state index in [9.17, 15) is 14.4 Å². The Kier molecular flexibility index (Phi) is 52.4. The highest BCUT2D eigenvalue weighted by Crippen LogP contribution is 2.14. The van der Waals surface area contributed by atoms with Crippen molar-refractivity contribution in [2.45, 2.75) is 252 Å². The van der Waals surface area contributed by atoms with Gasteiger partial charge in [-0.2, -0.15) is 0 Å². The molecule has 0 bridgehead atoms. The summed E-state index contributed by atoms with van der Waals surface area (Å²) in [5, 5.41) is 0. The molecule has 1 unspecified atom stereocenters. The van der Waals surface area contributed by atoms with Crippen LogP contribution in [0.3, 0.4) is 0 Å². The van der Waals surface area contributed by atoms with Gasteiger partial charge in [0.1, 0.15) is 13.2 Å². The monoisotopic (exact) mass is 943 g/mol. The van der Waals surface area contributed by atoms with E-state index < -0.39 is 6.10 Å². The standard InChI is InChI=1S/C62H102O6/c1-4-7-10-13-16-19-22-25-27-29-31-33-34-37-40-43-46-49-52-55-61(64)67-58-59(57-66-60(63)54-51-48-45-42-39-36-24-21-18-15-12-9-6-3)68-62(65)56-53-50-47-44-41-38-35-32-30-28-26-23-20-17-14-11-8-5-2/h9,12,15,18,21,23-24,26,28-32,35-36,39,42,45,59H,4-8,10-11,13-14,16-17,19-20,22,25,27,33-34,37-38,40-41,43-44,46-58H2,1-3H3/b12-9-,18-15-,24-21-,26-23-,30-28-,31-29-,35-32-,39-36-,45-42-. The molecule has 386 valence electrons. The Bertz CT molecular complexity index is 1410. The van der Waals surface area contributed by atoms with Gasteiger partial charge in [-0.1, -0.05) is 252 Å². The summed E-state index contributed by atoms with van der Waals surface area (Å²) < 4.78 is 16.8. The zero-order valence-electron chi connectivity index (χ0n) is 44.1. The van der Waals surface area contributed by atoms with Gasteiger partial charge in [-0.15, -0.1) is 0 Å². The van der Waals surface area contributed by atoms with E-state index in [1.807, 2.05) is 54.7 Å². The molecule has 0 N–H and O–H groups in total. The lowest BCUT2D eigenvalue weighted by atomic mass is 10.1. The minimum Gasteiger partial charge on any atom is -0.462 e. The second kappa shape index (κ2) is 55.7. The van der Waals surface area contributed by atoms with E-state index in [0.717, 1.165) is 77.0 Å². The van der Waals surface area contributed by atoms with Crippen LogP contribution in [0.5, 0.6) is 0 Å². The maximum absolute atomic E-state index is 12.8. The molecule has 0 aromatic rings. The van der Waals surface area contributed by atoms with E-state index in [4.69, 9.17) is 14.2 Å². The van der Waals surface area contributed by atoms with Gasteiger partial charge in [0.2, 0.25) is 0 Å². The first-order valence-electron chi connectivity index (χ1n) is 28.0. The predicted molar refractivity (Wildman–Crippen MR) is 293 cm³/mol. The minimum absolute atomic E-state index is 0.113. The van der Waals surface area contributed by atoms with Crippen LogP contribution in [0.2, 0.25) is 0 Å². The fraction of sp³-hybridized carbons (Fsp3) is 0.661. The van der Waals surface area contributed by atoms with Crippen LogP contribution < -0.4 is 0 Å². The predicted octanol–water partition coefficient (Wildman–Crippen LogP) is 18.7. The summed E-state index contributed by atoms with van der Waals surface area (Å²) >= 11 is 0. The van der Waals surface area contributed by atoms with Crippen LogP contribution in [-0.4, -0.2) is 37.2 Å². The van der Waals surface area contributed by atoms with Gasteiger partial charge in [0.15, 0.2) is 6.10 Å². The first-order chi connectivity index (χ1) is 33.5. The van der Waals surface area contributed by atoms with E-state index >= 15 is 0 Å². The van der Waals surface area contributed by atoms with Crippen LogP contribution in [-0.2, 0) is 28.6 Å². The van der Waals surface area contributed by atoms with E-state index in [0.29, 0.717) is 12.8 Å². The smallest absolute Gasteiger partial charge is 0.306 e. The highest BCUT2D eigenvalue weighted by atomic mass is 16.6. The maximum atomic E-state index is 12.8. The molecular formula is C62H102O6. The molecule has 0 radical (unpaired) electrons. The number of allylic oxidation sites excluding steroid dienone is 18. The Morgan fingerprint density at radius 2 is 0.603 bits per heavy atom. The van der Waals surface area contributed by atoms with E-state index in [1.54, 1.807) is 0 Å². The highest BCUT2D eigenvalue weighted by Gasteiger charge is 2.19. The van der Waals surface area contributed by atoms with Crippen molar-refractivity contribution >= 4 is 17.9 Å². The first kappa shape index (κ1) is 64.1. The van der Waals surface area contributed by atoms with Crippen molar-refractivity contribution in [1.29, 1.82) is 0 Å². The third-order valence-electron chi connectivity index (χ3n) is 11.7. The highest BCUT2D eigenvalue weighted by molar-refractivity contribution is 5.71. The van der Waals surface area contributed by atoms with E-state index in [-0.39, 0.29) is 44.0 Å². The molecule has 0 rings (SSSR count). The molecule has 0 aliphatic heterocycles. The largest absolute Gasteiger partial charge is 0.462 e. The fourth-order valence-corrected chi connectivity index (χ4v) is 7.47. The Morgan fingerprint density at radius 3 is 1.00 bits per heavy atom. The minimum atomic E-state index is -0.821. The molecular weight excluding hydrogens is 841 g/mol. The number of carbonyl (C=O) groups is 3. The molecule has 0 aromatic heterocycles. The average molecular weight is 943 g/mol. The molecule has 0 aliphatic rings. The third-order valence-corrected chi connectivity index (χ3v) is 11.7. The average Bonchev–Trinajstić information content (AvgIpc) is 3.34. The van der Waals surface area contributed by atoms with Crippen LogP contribution in [0.4, 0.5) is 0 Å². The topological polar surface area (TPSA) is 78.9 Å². The fourth-order valence-electron chi connectivity index (χ4n) is 7.47. The van der Waals surface area contributed by atoms with Gasteiger partial charge in [0.05, 0.1) is 0 Å². The van der Waals surface area contributed by atoms with Crippen LogP contribution in [0, 0.1) is 0 Å². The van der Waals surface area contributed by atoms with E-state index in [2.05, 4.69) is 75.5 Å². The van der Waals surface area contributed by atoms with Crippen molar-refractivity contribution in [2.24, 2.45) is 0 Å². The second-order valence-corrected chi connectivity index (χ2v) is 18.3. The Morgan fingerprint density at radius 1 is 0.309 bits per heavy atom. The lowest BCUT2D eigenvalue weighted by Gasteiger charge is -2.18. The van der Waals surface area contributed by atoms with Crippen LogP contribution >= 0.6 is 0 Å². The summed E-state index contributed by atoms with van der Waals surface area (Å²) in [6, 6.07) is 0. The van der Waals surface area contributed by atoms with Gasteiger partial charge >= 0.3 is 17.9 Å². The SMILES string of the molecule is CC\C=C/C=C\C=C/C=C\C=C/CCCC(=O)OCC(COC(=O)CCCCCCCCC/C=C\CCCCCCCCCC)OC(=O)CCCCCCC\C=C/C=C\C=C/CCCCCCC. The number of hydrogen-bond donors (Lipinski definition) is 0. The van der Waals surface area contributed by atoms with Gasteiger partial charge in [0, 0.05) is 19.3 Å². The number of rotatable bonds is 49. The number of esters is 3. The molecule has 0 spiro atoms. The van der Waals surface area contributed by atoms with Gasteiger partial charge in [-0.25, -0.2) is 0 Å². The van der Waals surface area contributed by atoms with Crippen molar-refractivity contribution in [3.8, 4) is 0 Å². The lowest BCUT2D eigenvalue weighted by Crippen LogP contribution is -2.30. The normalized spacial score (nSPS) is 12.9. The van der Waals surface area contributed by atoms with Gasteiger partial charge < -0.3 is 14.2 Å². The van der Waals surface area contributed by atoms with Gasteiger partial charge in [-0.3, -0.25) is 14.4 Å². The third kappa shape index (κ3) is 53.0. The molecule has 68 heavy (non-hydrogen) atoms. The Balaban J connectivity index is 4.50. The molecule has 0 aliphatic carbocycles. The quantitative estimate of drug-likeness (QED) is 0.0199. The van der Waals surface area contributed by atoms with Gasteiger partial charge in [-0.05, 0) is 83.5 Å². The van der Waals surface area contributed by atoms with Crippen molar-refractivity contribution in [3.05, 3.63) is 109 Å². The molecule has 0 heterocycles. The first-order valence-corrected chi connectivity index (χ1v) is 28.0. The van der Waals surface area contributed by atoms with Crippen LogP contribution in [0.1, 0.15) is 245 Å². The molecule has 0 saturated carbocycles. The molecule has 0 saturated heterocycles. The molecule has 6 nitrogen and oxygen atoms in total. The molecule has 0 amide bonds. The summed E-state index contributed by atoms with van der Waals surface area (Å²) in [7, 11) is 0. The number of ether oxygens (including phenoxy) is 3. The van der Waals surface area contributed by atoms with Crippen molar-refractivity contribution in [2.75, 3.05) is 13.2 Å². The Hall–Kier alpha value is -3.93. The lowest BCUT2D eigenvalue weighted by molar-refractivity contribution is -0.167. The summed E-state index contributed by atoms with van der Waals surface area (Å²) in [4.78, 5) is 38.1. The molecule has 0 aromatic carbocycles. The van der Waals surface area contributed by atoms with Crippen LogP contribution in [0.15, 0.2) is 109 Å². The molecule has 0 fully saturated rings. The number of unbranched alkanes of at least 4 members (excludes halogenated alkanes) is 26.